The fourth-order valence-corrected chi connectivity index (χ4v) is 2.20. The molecule has 0 spiro atoms. The average Bonchev–Trinajstić information content (AvgIpc) is 2.40. The van der Waals surface area contributed by atoms with Gasteiger partial charge in [-0.05, 0) is 36.4 Å². The molecule has 1 aromatic heterocycles. The predicted octanol–water partition coefficient (Wildman–Crippen LogP) is 1.86. The van der Waals surface area contributed by atoms with Crippen LogP contribution in [0.3, 0.4) is 0 Å². The Kier molecular flexibility index (Phi) is 3.47. The molecule has 0 saturated heterocycles. The summed E-state index contributed by atoms with van der Waals surface area (Å²) in [5, 5.41) is 0. The predicted molar refractivity (Wildman–Crippen MR) is 65.0 cm³/mol. The molecule has 94 valence electrons. The number of benzene rings is 1. The van der Waals surface area contributed by atoms with E-state index >= 15 is 0 Å². The first-order valence-corrected chi connectivity index (χ1v) is 6.51. The van der Waals surface area contributed by atoms with E-state index < -0.39 is 10.1 Å². The largest absolute Gasteiger partial charge is 0.497 e. The highest BCUT2D eigenvalue weighted by Crippen LogP contribution is 2.21. The molecule has 0 N–H and O–H groups in total. The maximum atomic E-state index is 11.9. The Morgan fingerprint density at radius 1 is 1.06 bits per heavy atom. The van der Waals surface area contributed by atoms with E-state index in [1.54, 1.807) is 12.1 Å². The summed E-state index contributed by atoms with van der Waals surface area (Å²) in [5.74, 6) is 0.848. The number of aromatic nitrogens is 1. The normalized spacial score (nSPS) is 10.9. The van der Waals surface area contributed by atoms with Crippen LogP contribution in [-0.2, 0) is 10.1 Å². The van der Waals surface area contributed by atoms with Crippen LogP contribution in [0.25, 0.3) is 0 Å². The lowest BCUT2D eigenvalue weighted by Crippen LogP contribution is -2.09. The quantitative estimate of drug-likeness (QED) is 0.789. The molecule has 0 unspecified atom stereocenters. The van der Waals surface area contributed by atoms with Crippen LogP contribution in [0.2, 0.25) is 0 Å². The fourth-order valence-electron chi connectivity index (χ4n) is 1.30. The maximum Gasteiger partial charge on any atom is 0.340 e. The summed E-state index contributed by atoms with van der Waals surface area (Å²) < 4.78 is 33.7. The molecule has 1 heterocycles. The molecule has 0 saturated carbocycles. The lowest BCUT2D eigenvalue weighted by molar-refractivity contribution is 0.413. The van der Waals surface area contributed by atoms with Crippen LogP contribution >= 0.6 is 0 Å². The molecule has 5 nitrogen and oxygen atoms in total. The van der Waals surface area contributed by atoms with Crippen LogP contribution < -0.4 is 8.92 Å². The smallest absolute Gasteiger partial charge is 0.340 e. The maximum absolute atomic E-state index is 11.9. The molecule has 2 rings (SSSR count). The van der Waals surface area contributed by atoms with Gasteiger partial charge in [0.2, 0.25) is 0 Å². The summed E-state index contributed by atoms with van der Waals surface area (Å²) in [5.41, 5.74) is 0. The molecular formula is C12H11NO4S. The Balaban J connectivity index is 2.22. The van der Waals surface area contributed by atoms with E-state index in [9.17, 15) is 8.42 Å². The third-order valence-corrected chi connectivity index (χ3v) is 3.42. The van der Waals surface area contributed by atoms with Crippen molar-refractivity contribution in [3.05, 3.63) is 48.8 Å². The Bertz CT molecular complexity index is 608. The van der Waals surface area contributed by atoms with Gasteiger partial charge in [0.1, 0.15) is 16.4 Å². The van der Waals surface area contributed by atoms with E-state index in [2.05, 4.69) is 4.98 Å². The van der Waals surface area contributed by atoms with Crippen LogP contribution in [-0.4, -0.2) is 20.5 Å². The summed E-state index contributed by atoms with van der Waals surface area (Å²) in [4.78, 5) is 3.76. The van der Waals surface area contributed by atoms with Crippen molar-refractivity contribution < 1.29 is 17.3 Å². The van der Waals surface area contributed by atoms with Gasteiger partial charge in [0.15, 0.2) is 0 Å². The first-order valence-electron chi connectivity index (χ1n) is 5.10. The Labute approximate surface area is 105 Å². The number of hydrogen-bond donors (Lipinski definition) is 0. The second-order valence-electron chi connectivity index (χ2n) is 3.40. The Hall–Kier alpha value is -2.08. The fraction of sp³-hybridized carbons (Fsp3) is 0.0833. The number of rotatable bonds is 4. The molecule has 0 aliphatic heterocycles. The van der Waals surface area contributed by atoms with Crippen LogP contribution in [0.15, 0.2) is 53.7 Å². The van der Waals surface area contributed by atoms with Crippen LogP contribution in [0, 0.1) is 0 Å². The van der Waals surface area contributed by atoms with Crippen molar-refractivity contribution in [3.63, 3.8) is 0 Å². The zero-order valence-corrected chi connectivity index (χ0v) is 10.4. The molecule has 0 aliphatic carbocycles. The summed E-state index contributed by atoms with van der Waals surface area (Å²) >= 11 is 0. The third-order valence-electron chi connectivity index (χ3n) is 2.19. The van der Waals surface area contributed by atoms with Gasteiger partial charge in [0.05, 0.1) is 7.11 Å². The minimum Gasteiger partial charge on any atom is -0.497 e. The van der Waals surface area contributed by atoms with Crippen molar-refractivity contribution in [3.8, 4) is 11.5 Å². The molecule has 0 radical (unpaired) electrons. The number of methoxy groups -OCH3 is 1. The lowest BCUT2D eigenvalue weighted by Gasteiger charge is -2.07. The molecular weight excluding hydrogens is 254 g/mol. The highest BCUT2D eigenvalue weighted by atomic mass is 32.2. The third kappa shape index (κ3) is 2.78. The van der Waals surface area contributed by atoms with Crippen LogP contribution in [0.1, 0.15) is 0 Å². The molecule has 0 fully saturated rings. The molecule has 0 atom stereocenters. The molecule has 0 amide bonds. The van der Waals surface area contributed by atoms with Gasteiger partial charge < -0.3 is 8.92 Å². The monoisotopic (exact) mass is 265 g/mol. The van der Waals surface area contributed by atoms with Crippen LogP contribution in [0.4, 0.5) is 0 Å². The van der Waals surface area contributed by atoms with Gasteiger partial charge in [-0.15, -0.1) is 0 Å². The van der Waals surface area contributed by atoms with Crippen molar-refractivity contribution in [1.29, 1.82) is 0 Å². The van der Waals surface area contributed by atoms with Gasteiger partial charge in [0, 0.05) is 12.4 Å². The van der Waals surface area contributed by atoms with Gasteiger partial charge in [-0.2, -0.15) is 8.42 Å². The van der Waals surface area contributed by atoms with E-state index in [-0.39, 0.29) is 10.6 Å². The van der Waals surface area contributed by atoms with Gasteiger partial charge in [-0.1, -0.05) is 0 Å². The van der Waals surface area contributed by atoms with Gasteiger partial charge in [-0.3, -0.25) is 4.98 Å². The summed E-state index contributed by atoms with van der Waals surface area (Å²) in [6.07, 6.45) is 2.73. The molecule has 6 heteroatoms. The zero-order chi connectivity index (χ0) is 13.0. The second kappa shape index (κ2) is 5.05. The molecule has 18 heavy (non-hydrogen) atoms. The highest BCUT2D eigenvalue weighted by molar-refractivity contribution is 7.87. The number of nitrogens with zero attached hydrogens (tertiary/aromatic N) is 1. The first kappa shape index (κ1) is 12.4. The summed E-state index contributed by atoms with van der Waals surface area (Å²) in [6.45, 7) is 0. The van der Waals surface area contributed by atoms with Crippen molar-refractivity contribution in [1.82, 2.24) is 4.98 Å². The van der Waals surface area contributed by atoms with E-state index in [0.29, 0.717) is 5.75 Å². The average molecular weight is 265 g/mol. The van der Waals surface area contributed by atoms with Crippen LogP contribution in [0.5, 0.6) is 11.5 Å². The van der Waals surface area contributed by atoms with Gasteiger partial charge in [-0.25, -0.2) is 0 Å². The van der Waals surface area contributed by atoms with E-state index in [0.717, 1.165) is 0 Å². The first-order chi connectivity index (χ1) is 8.62. The minimum atomic E-state index is -3.84. The SMILES string of the molecule is COc1ccc(OS(=O)(=O)c2cccnc2)cc1. The molecule has 2 aromatic rings. The summed E-state index contributed by atoms with van der Waals surface area (Å²) in [6, 6.07) is 9.23. The van der Waals surface area contributed by atoms with Crippen molar-refractivity contribution in [2.75, 3.05) is 7.11 Å². The molecule has 1 aromatic carbocycles. The minimum absolute atomic E-state index is 0.0146. The standard InChI is InChI=1S/C12H11NO4S/c1-16-10-4-6-11(7-5-10)17-18(14,15)12-3-2-8-13-9-12/h2-9H,1H3. The van der Waals surface area contributed by atoms with Crippen molar-refractivity contribution >= 4 is 10.1 Å². The van der Waals surface area contributed by atoms with Crippen molar-refractivity contribution in [2.45, 2.75) is 4.90 Å². The Morgan fingerprint density at radius 3 is 2.28 bits per heavy atom. The second-order valence-corrected chi connectivity index (χ2v) is 4.95. The van der Waals surface area contributed by atoms with Gasteiger partial charge in [0.25, 0.3) is 0 Å². The molecule has 0 aliphatic rings. The number of ether oxygens (including phenoxy) is 1. The lowest BCUT2D eigenvalue weighted by atomic mass is 10.3. The topological polar surface area (TPSA) is 65.5 Å². The van der Waals surface area contributed by atoms with E-state index in [4.69, 9.17) is 8.92 Å². The van der Waals surface area contributed by atoms with Crippen molar-refractivity contribution in [2.24, 2.45) is 0 Å². The zero-order valence-electron chi connectivity index (χ0n) is 9.61. The Morgan fingerprint density at radius 2 is 1.72 bits per heavy atom. The van der Waals surface area contributed by atoms with E-state index in [1.807, 2.05) is 0 Å². The highest BCUT2D eigenvalue weighted by Gasteiger charge is 2.16. The van der Waals surface area contributed by atoms with Gasteiger partial charge >= 0.3 is 10.1 Å². The number of hydrogen-bond acceptors (Lipinski definition) is 5. The molecule has 0 bridgehead atoms. The summed E-state index contributed by atoms with van der Waals surface area (Å²) in [7, 11) is -2.31. The van der Waals surface area contributed by atoms with E-state index in [1.165, 1.54) is 43.8 Å². The number of pyridine rings is 1.